The maximum atomic E-state index is 12.8. The number of hydrogen-bond acceptors (Lipinski definition) is 3. The molecule has 0 unspecified atom stereocenters. The number of aryl methyl sites for hydroxylation is 1. The number of nitrogens with zero attached hydrogens (tertiary/aromatic N) is 3. The van der Waals surface area contributed by atoms with Crippen LogP contribution in [-0.4, -0.2) is 28.1 Å². The molecule has 0 aliphatic carbocycles. The van der Waals surface area contributed by atoms with Gasteiger partial charge < -0.3 is 0 Å². The Bertz CT molecular complexity index is 960. The van der Waals surface area contributed by atoms with Crippen molar-refractivity contribution in [3.05, 3.63) is 64.2 Å². The Hall–Kier alpha value is -2.70. The zero-order valence-corrected chi connectivity index (χ0v) is 14.6. The zero-order chi connectivity index (χ0) is 17.3. The molecule has 0 aliphatic rings. The Kier molecular flexibility index (Phi) is 4.33. The first-order valence-corrected chi connectivity index (χ1v) is 9.71. The Labute approximate surface area is 141 Å². The number of aromatic nitrogens is 3. The average Bonchev–Trinajstić information content (AvgIpc) is 2.89. The summed E-state index contributed by atoms with van der Waals surface area (Å²) >= 11 is 0. The molecule has 5 nitrogen and oxygen atoms in total. The quantitative estimate of drug-likeness (QED) is 0.747. The summed E-state index contributed by atoms with van der Waals surface area (Å²) in [5.41, 5.74) is 2.57. The summed E-state index contributed by atoms with van der Waals surface area (Å²) in [6.07, 6.45) is 1.82. The van der Waals surface area contributed by atoms with E-state index in [1.807, 2.05) is 25.3 Å². The lowest BCUT2D eigenvalue weighted by Crippen LogP contribution is -2.17. The number of benzene rings is 1. The summed E-state index contributed by atoms with van der Waals surface area (Å²) in [5.74, 6) is 0.573. The van der Waals surface area contributed by atoms with Crippen molar-refractivity contribution in [2.24, 2.45) is 0 Å². The van der Waals surface area contributed by atoms with Crippen LogP contribution in [-0.2, 0) is 0 Å². The first-order valence-electron chi connectivity index (χ1n) is 7.47. The van der Waals surface area contributed by atoms with Crippen LogP contribution in [0.3, 0.4) is 0 Å². The number of pyridine rings is 1. The van der Waals surface area contributed by atoms with Gasteiger partial charge in [0.25, 0.3) is 5.56 Å². The molecule has 0 spiro atoms. The first kappa shape index (κ1) is 16.2. The number of aromatic amines is 1. The van der Waals surface area contributed by atoms with E-state index in [0.29, 0.717) is 16.9 Å². The highest BCUT2D eigenvalue weighted by molar-refractivity contribution is 7.64. The second-order valence-electron chi connectivity index (χ2n) is 5.71. The zero-order valence-electron chi connectivity index (χ0n) is 13.7. The largest absolute Gasteiger partial charge is 0.293 e. The van der Waals surface area contributed by atoms with Gasteiger partial charge in [-0.1, -0.05) is 20.1 Å². The molecule has 0 radical (unpaired) electrons. The molecule has 2 heterocycles. The smallest absolute Gasteiger partial charge is 0.280 e. The fourth-order valence-electron chi connectivity index (χ4n) is 2.53. The van der Waals surface area contributed by atoms with Crippen LogP contribution in [0.15, 0.2) is 47.4 Å². The van der Waals surface area contributed by atoms with E-state index in [1.165, 1.54) is 9.99 Å². The van der Waals surface area contributed by atoms with E-state index in [-0.39, 0.29) is 13.5 Å². The number of nitriles is 1. The first-order chi connectivity index (χ1) is 11.5. The Morgan fingerprint density at radius 3 is 2.42 bits per heavy atom. The molecule has 0 bridgehead atoms. The Morgan fingerprint density at radius 2 is 1.88 bits per heavy atom. The highest BCUT2D eigenvalue weighted by Crippen LogP contribution is 2.23. The van der Waals surface area contributed by atoms with Crippen LogP contribution in [0.2, 0.25) is 0 Å². The standard InChI is InChI=1S/C18H17N4OP/c1-12-17(14-6-4-13(10-19)5-7-14)18(23)22(21-12)16-9-8-15(11-20-16)24(2)3/h4-9,11,21H,1-3H3. The molecule has 1 aromatic carbocycles. The van der Waals surface area contributed by atoms with Crippen molar-refractivity contribution in [1.82, 2.24) is 14.8 Å². The molecule has 0 fully saturated rings. The lowest BCUT2D eigenvalue weighted by atomic mass is 10.1. The van der Waals surface area contributed by atoms with Gasteiger partial charge in [0.2, 0.25) is 0 Å². The van der Waals surface area contributed by atoms with Gasteiger partial charge in [-0.3, -0.25) is 9.89 Å². The summed E-state index contributed by atoms with van der Waals surface area (Å²) in [7, 11) is -0.213. The molecular formula is C18H17N4OP. The minimum absolute atomic E-state index is 0.146. The fourth-order valence-corrected chi connectivity index (χ4v) is 3.20. The summed E-state index contributed by atoms with van der Waals surface area (Å²) in [4.78, 5) is 17.2. The molecule has 0 atom stereocenters. The summed E-state index contributed by atoms with van der Waals surface area (Å²) < 4.78 is 1.46. The number of nitrogens with one attached hydrogen (secondary N) is 1. The number of H-pyrrole nitrogens is 1. The van der Waals surface area contributed by atoms with Crippen LogP contribution >= 0.6 is 7.92 Å². The third-order valence-corrected chi connectivity index (χ3v) is 5.15. The van der Waals surface area contributed by atoms with Crippen molar-refractivity contribution in [3.8, 4) is 23.0 Å². The maximum Gasteiger partial charge on any atom is 0.280 e. The van der Waals surface area contributed by atoms with Crippen LogP contribution in [0.25, 0.3) is 16.9 Å². The summed E-state index contributed by atoms with van der Waals surface area (Å²) in [5, 5.41) is 13.2. The van der Waals surface area contributed by atoms with Crippen molar-refractivity contribution in [1.29, 1.82) is 5.26 Å². The highest BCUT2D eigenvalue weighted by Gasteiger charge is 2.15. The van der Waals surface area contributed by atoms with Crippen LogP contribution < -0.4 is 10.9 Å². The third-order valence-electron chi connectivity index (χ3n) is 3.85. The van der Waals surface area contributed by atoms with Crippen LogP contribution in [0.1, 0.15) is 11.3 Å². The molecule has 0 saturated carbocycles. The van der Waals surface area contributed by atoms with Gasteiger partial charge in [0, 0.05) is 11.9 Å². The van der Waals surface area contributed by atoms with E-state index in [1.54, 1.807) is 24.3 Å². The number of hydrogen-bond donors (Lipinski definition) is 1. The van der Waals surface area contributed by atoms with Gasteiger partial charge in [0.1, 0.15) is 0 Å². The van der Waals surface area contributed by atoms with Crippen molar-refractivity contribution >= 4 is 13.2 Å². The Balaban J connectivity index is 2.06. The van der Waals surface area contributed by atoms with E-state index in [0.717, 1.165) is 11.3 Å². The SMILES string of the molecule is Cc1[nH]n(-c2ccc(P(C)C)cn2)c(=O)c1-c1ccc(C#N)cc1. The molecular weight excluding hydrogens is 319 g/mol. The van der Waals surface area contributed by atoms with Gasteiger partial charge in [-0.05, 0) is 55.4 Å². The lowest BCUT2D eigenvalue weighted by Gasteiger charge is -2.06. The van der Waals surface area contributed by atoms with Crippen molar-refractivity contribution in [2.45, 2.75) is 6.92 Å². The predicted octanol–water partition coefficient (Wildman–Crippen LogP) is 2.77. The normalized spacial score (nSPS) is 10.8. The van der Waals surface area contributed by atoms with Gasteiger partial charge >= 0.3 is 0 Å². The minimum atomic E-state index is -0.213. The average molecular weight is 336 g/mol. The molecule has 120 valence electrons. The Morgan fingerprint density at radius 1 is 1.17 bits per heavy atom. The molecule has 24 heavy (non-hydrogen) atoms. The highest BCUT2D eigenvalue weighted by atomic mass is 31.1. The van der Waals surface area contributed by atoms with Crippen molar-refractivity contribution < 1.29 is 0 Å². The minimum Gasteiger partial charge on any atom is -0.293 e. The van der Waals surface area contributed by atoms with Crippen LogP contribution in [0.4, 0.5) is 0 Å². The fraction of sp³-hybridized carbons (Fsp3) is 0.167. The lowest BCUT2D eigenvalue weighted by molar-refractivity contribution is 0.808. The van der Waals surface area contributed by atoms with Crippen molar-refractivity contribution in [2.75, 3.05) is 13.3 Å². The van der Waals surface area contributed by atoms with Crippen LogP contribution in [0.5, 0.6) is 0 Å². The second kappa shape index (κ2) is 6.43. The van der Waals surface area contributed by atoms with E-state index >= 15 is 0 Å². The molecule has 0 amide bonds. The van der Waals surface area contributed by atoms with Gasteiger partial charge in [-0.15, -0.1) is 0 Å². The van der Waals surface area contributed by atoms with E-state index < -0.39 is 0 Å². The van der Waals surface area contributed by atoms with Crippen LogP contribution in [0, 0.1) is 18.3 Å². The molecule has 1 N–H and O–H groups in total. The third kappa shape index (κ3) is 2.89. The van der Waals surface area contributed by atoms with Gasteiger partial charge in [-0.25, -0.2) is 9.67 Å². The monoisotopic (exact) mass is 336 g/mol. The van der Waals surface area contributed by atoms with Gasteiger partial charge in [0.15, 0.2) is 5.82 Å². The van der Waals surface area contributed by atoms with Crippen molar-refractivity contribution in [3.63, 3.8) is 0 Å². The summed E-state index contributed by atoms with van der Waals surface area (Å²) in [6.45, 7) is 6.19. The molecule has 2 aromatic heterocycles. The number of rotatable bonds is 3. The van der Waals surface area contributed by atoms with Gasteiger partial charge in [-0.2, -0.15) is 5.26 Å². The molecule has 0 saturated heterocycles. The van der Waals surface area contributed by atoms with E-state index in [9.17, 15) is 4.79 Å². The molecule has 3 aromatic rings. The predicted molar refractivity (Wildman–Crippen MR) is 97.5 cm³/mol. The topological polar surface area (TPSA) is 74.5 Å². The second-order valence-corrected chi connectivity index (χ2v) is 8.02. The molecule has 3 rings (SSSR count). The van der Waals surface area contributed by atoms with Gasteiger partial charge in [0.05, 0.1) is 17.2 Å². The molecule has 6 heteroatoms. The molecule has 0 aliphatic heterocycles. The maximum absolute atomic E-state index is 12.8. The van der Waals surface area contributed by atoms with E-state index in [2.05, 4.69) is 29.5 Å². The summed E-state index contributed by atoms with van der Waals surface area (Å²) in [6, 6.07) is 13.0. The van der Waals surface area contributed by atoms with E-state index in [4.69, 9.17) is 5.26 Å².